The van der Waals surface area contributed by atoms with Crippen molar-refractivity contribution in [3.63, 3.8) is 0 Å². The number of nitro benzene ring substituents is 1. The summed E-state index contributed by atoms with van der Waals surface area (Å²) in [6.45, 7) is 8.03. The molecule has 3 aromatic rings. The predicted molar refractivity (Wildman–Crippen MR) is 105 cm³/mol. The van der Waals surface area contributed by atoms with Gasteiger partial charge in [-0.05, 0) is 50.3 Å². The van der Waals surface area contributed by atoms with Crippen molar-refractivity contribution in [2.75, 3.05) is 24.9 Å². The highest BCUT2D eigenvalue weighted by Gasteiger charge is 2.16. The number of hydrogen-bond donors (Lipinski definition) is 2. The van der Waals surface area contributed by atoms with Crippen molar-refractivity contribution < 1.29 is 15.3 Å². The number of benzene rings is 2. The van der Waals surface area contributed by atoms with Crippen LogP contribution in [-0.2, 0) is 6.54 Å². The van der Waals surface area contributed by atoms with E-state index in [2.05, 4.69) is 23.3 Å². The van der Waals surface area contributed by atoms with Crippen LogP contribution in [0, 0.1) is 10.1 Å². The predicted octanol–water partition coefficient (Wildman–Crippen LogP) is 4.02. The Labute approximate surface area is 156 Å². The first-order chi connectivity index (χ1) is 13.0. The molecule has 27 heavy (non-hydrogen) atoms. The highest BCUT2D eigenvalue weighted by Crippen LogP contribution is 2.34. The number of anilines is 1. The van der Waals surface area contributed by atoms with Gasteiger partial charge in [-0.1, -0.05) is 13.8 Å². The first kappa shape index (κ1) is 19.1. The normalized spacial score (nSPS) is 11.6. The molecule has 1 heterocycles. The van der Waals surface area contributed by atoms with Gasteiger partial charge in [0.1, 0.15) is 0 Å². The van der Waals surface area contributed by atoms with Crippen LogP contribution in [0.5, 0.6) is 0 Å². The van der Waals surface area contributed by atoms with Crippen LogP contribution in [0.2, 0.25) is 0 Å². The number of aromatic nitrogens is 1. The van der Waals surface area contributed by atoms with Gasteiger partial charge in [0, 0.05) is 40.5 Å². The lowest BCUT2D eigenvalue weighted by molar-refractivity contribution is -0.384. The first-order valence-corrected chi connectivity index (χ1v) is 9.06. The maximum atomic E-state index is 11.2. The summed E-state index contributed by atoms with van der Waals surface area (Å²) in [5.74, 6) is 0. The Kier molecular flexibility index (Phi) is 5.59. The quantitative estimate of drug-likeness (QED) is 0.458. The molecule has 0 atom stereocenters. The molecule has 2 N–H and O–H groups in total. The molecule has 144 valence electrons. The summed E-state index contributed by atoms with van der Waals surface area (Å²) in [6, 6.07) is 9.86. The minimum absolute atomic E-state index is 0.0138. The molecule has 0 bridgehead atoms. The number of fused-ring (bicyclic) bond motifs is 3. The fraction of sp³-hybridized carbons (Fsp3) is 0.368. The van der Waals surface area contributed by atoms with Gasteiger partial charge in [-0.15, -0.1) is 5.23 Å². The average Bonchev–Trinajstić information content (AvgIpc) is 2.97. The van der Waals surface area contributed by atoms with Gasteiger partial charge < -0.3 is 9.47 Å². The molecule has 0 aliphatic heterocycles. The molecular weight excluding hydrogens is 348 g/mol. The van der Waals surface area contributed by atoms with Crippen LogP contribution in [0.3, 0.4) is 0 Å². The van der Waals surface area contributed by atoms with E-state index in [1.54, 1.807) is 24.3 Å². The molecule has 2 aromatic carbocycles. The molecule has 8 heteroatoms. The zero-order valence-electron chi connectivity index (χ0n) is 15.5. The Hall–Kier alpha value is -2.68. The van der Waals surface area contributed by atoms with Gasteiger partial charge in [0.25, 0.3) is 5.69 Å². The summed E-state index contributed by atoms with van der Waals surface area (Å²) >= 11 is 0. The first-order valence-electron chi connectivity index (χ1n) is 9.06. The monoisotopic (exact) mass is 372 g/mol. The van der Waals surface area contributed by atoms with Gasteiger partial charge in [-0.2, -0.15) is 0 Å². The number of nitrogens with zero attached hydrogens (tertiary/aromatic N) is 4. The molecule has 0 amide bonds. The van der Waals surface area contributed by atoms with Crippen molar-refractivity contribution in [2.24, 2.45) is 0 Å². The largest absolute Gasteiger partial charge is 0.340 e. The van der Waals surface area contributed by atoms with Crippen LogP contribution >= 0.6 is 0 Å². The van der Waals surface area contributed by atoms with E-state index < -0.39 is 4.92 Å². The number of aryl methyl sites for hydroxylation is 1. The number of rotatable bonds is 8. The fourth-order valence-corrected chi connectivity index (χ4v) is 3.55. The second-order valence-corrected chi connectivity index (χ2v) is 6.48. The molecular formula is C19H24N4O4. The van der Waals surface area contributed by atoms with Crippen molar-refractivity contribution in [3.8, 4) is 0 Å². The van der Waals surface area contributed by atoms with Crippen LogP contribution in [0.25, 0.3) is 21.8 Å². The van der Waals surface area contributed by atoms with E-state index in [1.165, 1.54) is 6.07 Å². The van der Waals surface area contributed by atoms with Gasteiger partial charge in [0.15, 0.2) is 0 Å². The SMILES string of the molecule is CCN(CC)CCCn1c2ccc(N(O)O)cc2c2cc([N+](=O)[O-])ccc21. The van der Waals surface area contributed by atoms with E-state index >= 15 is 0 Å². The average molecular weight is 372 g/mol. The van der Waals surface area contributed by atoms with Crippen LogP contribution in [0.15, 0.2) is 36.4 Å². The Bertz CT molecular complexity index is 963. The van der Waals surface area contributed by atoms with E-state index in [0.717, 1.165) is 54.4 Å². The lowest BCUT2D eigenvalue weighted by atomic mass is 10.1. The van der Waals surface area contributed by atoms with Crippen molar-refractivity contribution in [2.45, 2.75) is 26.8 Å². The van der Waals surface area contributed by atoms with Crippen LogP contribution in [-0.4, -0.2) is 44.4 Å². The zero-order valence-corrected chi connectivity index (χ0v) is 15.5. The molecule has 0 saturated heterocycles. The topological polar surface area (TPSA) is 95.0 Å². The number of hydrogen-bond acceptors (Lipinski definition) is 6. The molecule has 0 aliphatic carbocycles. The number of nitro groups is 1. The smallest absolute Gasteiger partial charge is 0.270 e. The van der Waals surface area contributed by atoms with Crippen LogP contribution < -0.4 is 5.23 Å². The molecule has 0 spiro atoms. The number of non-ortho nitro benzene ring substituents is 1. The van der Waals surface area contributed by atoms with E-state index in [-0.39, 0.29) is 16.6 Å². The summed E-state index contributed by atoms with van der Waals surface area (Å²) in [6.07, 6.45) is 0.950. The van der Waals surface area contributed by atoms with E-state index in [1.807, 2.05) is 6.07 Å². The van der Waals surface area contributed by atoms with Crippen molar-refractivity contribution >= 4 is 33.2 Å². The maximum Gasteiger partial charge on any atom is 0.270 e. The molecule has 1 aromatic heterocycles. The molecule has 0 unspecified atom stereocenters. The van der Waals surface area contributed by atoms with Gasteiger partial charge >= 0.3 is 0 Å². The maximum absolute atomic E-state index is 11.2. The van der Waals surface area contributed by atoms with Gasteiger partial charge in [0.2, 0.25) is 0 Å². The third-order valence-corrected chi connectivity index (χ3v) is 5.02. The lowest BCUT2D eigenvalue weighted by Crippen LogP contribution is -2.24. The lowest BCUT2D eigenvalue weighted by Gasteiger charge is -2.18. The highest BCUT2D eigenvalue weighted by atomic mass is 16.8. The van der Waals surface area contributed by atoms with Gasteiger partial charge in [0.05, 0.1) is 10.6 Å². The third-order valence-electron chi connectivity index (χ3n) is 5.02. The van der Waals surface area contributed by atoms with E-state index in [4.69, 9.17) is 0 Å². The molecule has 3 rings (SSSR count). The van der Waals surface area contributed by atoms with Crippen molar-refractivity contribution in [1.29, 1.82) is 0 Å². The van der Waals surface area contributed by atoms with Gasteiger partial charge in [-0.3, -0.25) is 20.5 Å². The summed E-state index contributed by atoms with van der Waals surface area (Å²) in [4.78, 5) is 13.1. The summed E-state index contributed by atoms with van der Waals surface area (Å²) in [5, 5.41) is 31.4. The minimum atomic E-state index is -0.419. The summed E-state index contributed by atoms with van der Waals surface area (Å²) < 4.78 is 2.14. The highest BCUT2D eigenvalue weighted by molar-refractivity contribution is 6.09. The summed E-state index contributed by atoms with van der Waals surface area (Å²) in [7, 11) is 0. The standard InChI is InChI=1S/C19H24N4O4/c1-3-20(4-2)10-5-11-21-18-8-6-14(22(24)25)12-16(18)17-13-15(23(26)27)7-9-19(17)21/h6-9,12-13,24-25H,3-5,10-11H2,1-2H3. The van der Waals surface area contributed by atoms with Gasteiger partial charge in [-0.25, -0.2) is 0 Å². The van der Waals surface area contributed by atoms with E-state index in [9.17, 15) is 20.5 Å². The van der Waals surface area contributed by atoms with Crippen molar-refractivity contribution in [1.82, 2.24) is 9.47 Å². The van der Waals surface area contributed by atoms with E-state index in [0.29, 0.717) is 0 Å². The zero-order chi connectivity index (χ0) is 19.6. The Morgan fingerprint density at radius 3 is 2.26 bits per heavy atom. The fourth-order valence-electron chi connectivity index (χ4n) is 3.55. The minimum Gasteiger partial charge on any atom is -0.340 e. The molecule has 0 radical (unpaired) electrons. The van der Waals surface area contributed by atoms with Crippen LogP contribution in [0.4, 0.5) is 11.4 Å². The third kappa shape index (κ3) is 3.73. The second kappa shape index (κ2) is 7.91. The molecule has 8 nitrogen and oxygen atoms in total. The Morgan fingerprint density at radius 2 is 1.67 bits per heavy atom. The Balaban J connectivity index is 2.08. The Morgan fingerprint density at radius 1 is 1.04 bits per heavy atom. The molecule has 0 saturated carbocycles. The molecule has 0 fully saturated rings. The van der Waals surface area contributed by atoms with Crippen LogP contribution in [0.1, 0.15) is 20.3 Å². The molecule has 0 aliphatic rings. The van der Waals surface area contributed by atoms with Crippen molar-refractivity contribution in [3.05, 3.63) is 46.5 Å². The second-order valence-electron chi connectivity index (χ2n) is 6.48. The summed E-state index contributed by atoms with van der Waals surface area (Å²) in [5.41, 5.74) is 2.03.